The van der Waals surface area contributed by atoms with E-state index in [9.17, 15) is 14.4 Å². The summed E-state index contributed by atoms with van der Waals surface area (Å²) in [6, 6.07) is 7.37. The maximum Gasteiger partial charge on any atom is 0.419 e. The molecular formula is C16H20N2O5. The molecule has 7 heteroatoms. The Morgan fingerprint density at radius 3 is 2.52 bits per heavy atom. The lowest BCUT2D eigenvalue weighted by atomic mass is 10.2. The first-order chi connectivity index (χ1) is 10.8. The zero-order chi connectivity index (χ0) is 17.0. The summed E-state index contributed by atoms with van der Waals surface area (Å²) in [6.45, 7) is 5.17. The van der Waals surface area contributed by atoms with Crippen LogP contribution in [0.2, 0.25) is 0 Å². The second-order valence-corrected chi connectivity index (χ2v) is 6.15. The molecule has 124 valence electrons. The second kappa shape index (κ2) is 6.68. The number of carbonyl (C=O) groups is 3. The van der Waals surface area contributed by atoms with Gasteiger partial charge in [-0.05, 0) is 26.3 Å². The highest BCUT2D eigenvalue weighted by atomic mass is 16.6. The normalized spacial score (nSPS) is 17.6. The number of urea groups is 1. The van der Waals surface area contributed by atoms with E-state index in [1.807, 2.05) is 18.2 Å². The Kier molecular flexibility index (Phi) is 4.88. The number of hydrogen-bond donors (Lipinski definition) is 1. The zero-order valence-electron chi connectivity index (χ0n) is 13.4. The van der Waals surface area contributed by atoms with E-state index in [-0.39, 0.29) is 13.2 Å². The van der Waals surface area contributed by atoms with Crippen LogP contribution in [0.3, 0.4) is 0 Å². The Balaban J connectivity index is 2.01. The SMILES string of the molecule is CC(C)(C)OC(=O)[C@@H]1CNC(=O)N1C(=O)OCc1ccccc1. The number of hydrogen-bond acceptors (Lipinski definition) is 5. The van der Waals surface area contributed by atoms with Gasteiger partial charge < -0.3 is 14.8 Å². The fraction of sp³-hybridized carbons (Fsp3) is 0.438. The smallest absolute Gasteiger partial charge is 0.419 e. The first-order valence-electron chi connectivity index (χ1n) is 7.28. The zero-order valence-corrected chi connectivity index (χ0v) is 13.4. The number of nitrogens with one attached hydrogen (secondary N) is 1. The summed E-state index contributed by atoms with van der Waals surface area (Å²) in [6.07, 6.45) is -0.875. The largest absolute Gasteiger partial charge is 0.458 e. The van der Waals surface area contributed by atoms with Crippen LogP contribution in [0, 0.1) is 0 Å². The summed E-state index contributed by atoms with van der Waals surface area (Å²) in [4.78, 5) is 36.9. The lowest BCUT2D eigenvalue weighted by Gasteiger charge is -2.25. The standard InChI is InChI=1S/C16H20N2O5/c1-16(2,3)23-13(19)12-9-17-14(20)18(12)15(21)22-10-11-7-5-4-6-8-11/h4-8,12H,9-10H2,1-3H3,(H,17,20)/t12-/m0/s1. The van der Waals surface area contributed by atoms with Crippen molar-refractivity contribution in [2.75, 3.05) is 6.54 Å². The van der Waals surface area contributed by atoms with E-state index < -0.39 is 29.7 Å². The molecule has 23 heavy (non-hydrogen) atoms. The Bertz CT molecular complexity index is 594. The minimum absolute atomic E-state index is 0.00812. The highest BCUT2D eigenvalue weighted by molar-refractivity contribution is 5.98. The van der Waals surface area contributed by atoms with Crippen molar-refractivity contribution in [1.29, 1.82) is 0 Å². The van der Waals surface area contributed by atoms with Gasteiger partial charge in [-0.25, -0.2) is 19.3 Å². The monoisotopic (exact) mass is 320 g/mol. The summed E-state index contributed by atoms with van der Waals surface area (Å²) in [5.74, 6) is -0.646. The van der Waals surface area contributed by atoms with Gasteiger partial charge in [0, 0.05) is 0 Å². The van der Waals surface area contributed by atoms with Gasteiger partial charge in [-0.2, -0.15) is 0 Å². The third-order valence-corrected chi connectivity index (χ3v) is 3.06. The van der Waals surface area contributed by atoms with Crippen molar-refractivity contribution >= 4 is 18.1 Å². The van der Waals surface area contributed by atoms with E-state index in [2.05, 4.69) is 5.32 Å². The highest BCUT2D eigenvalue weighted by Crippen LogP contribution is 2.16. The summed E-state index contributed by atoms with van der Waals surface area (Å²) in [5, 5.41) is 2.45. The molecule has 1 atom stereocenters. The van der Waals surface area contributed by atoms with Crippen LogP contribution in [-0.2, 0) is 20.9 Å². The van der Waals surface area contributed by atoms with Gasteiger partial charge in [0.1, 0.15) is 12.2 Å². The molecule has 1 aliphatic heterocycles. The lowest BCUT2D eigenvalue weighted by Crippen LogP contribution is -2.46. The molecule has 1 aromatic carbocycles. The third-order valence-electron chi connectivity index (χ3n) is 3.06. The van der Waals surface area contributed by atoms with Crippen molar-refractivity contribution in [2.45, 2.75) is 39.0 Å². The van der Waals surface area contributed by atoms with Crippen LogP contribution in [0.25, 0.3) is 0 Å². The summed E-state index contributed by atoms with van der Waals surface area (Å²) in [7, 11) is 0. The molecule has 3 amide bonds. The molecule has 0 bridgehead atoms. The van der Waals surface area contributed by atoms with E-state index in [1.54, 1.807) is 32.9 Å². The van der Waals surface area contributed by atoms with E-state index in [1.165, 1.54) is 0 Å². The lowest BCUT2D eigenvalue weighted by molar-refractivity contribution is -0.158. The van der Waals surface area contributed by atoms with Gasteiger partial charge in [-0.15, -0.1) is 0 Å². The van der Waals surface area contributed by atoms with Crippen LogP contribution >= 0.6 is 0 Å². The number of nitrogens with zero attached hydrogens (tertiary/aromatic N) is 1. The number of carbonyl (C=O) groups excluding carboxylic acids is 3. The number of benzene rings is 1. The molecule has 0 radical (unpaired) electrons. The molecule has 1 N–H and O–H groups in total. The van der Waals surface area contributed by atoms with Crippen molar-refractivity contribution < 1.29 is 23.9 Å². The van der Waals surface area contributed by atoms with Gasteiger partial charge >= 0.3 is 18.1 Å². The minimum Gasteiger partial charge on any atom is -0.458 e. The van der Waals surface area contributed by atoms with Crippen molar-refractivity contribution in [1.82, 2.24) is 10.2 Å². The van der Waals surface area contributed by atoms with Crippen molar-refractivity contribution in [3.8, 4) is 0 Å². The minimum atomic E-state index is -1.02. The average molecular weight is 320 g/mol. The average Bonchev–Trinajstić information content (AvgIpc) is 2.86. The van der Waals surface area contributed by atoms with Crippen LogP contribution in [0.5, 0.6) is 0 Å². The molecule has 1 saturated heterocycles. The predicted molar refractivity (Wildman–Crippen MR) is 81.5 cm³/mol. The Morgan fingerprint density at radius 2 is 1.91 bits per heavy atom. The number of amides is 3. The summed E-state index contributed by atoms with van der Waals surface area (Å²) >= 11 is 0. The number of rotatable bonds is 3. The van der Waals surface area contributed by atoms with Crippen LogP contribution in [0.15, 0.2) is 30.3 Å². The first kappa shape index (κ1) is 16.8. The maximum absolute atomic E-state index is 12.1. The molecule has 0 unspecified atom stereocenters. The Labute approximate surface area is 134 Å². The summed E-state index contributed by atoms with van der Waals surface area (Å²) < 4.78 is 10.3. The van der Waals surface area contributed by atoms with Gasteiger partial charge in [0.25, 0.3) is 0 Å². The molecule has 1 aromatic rings. The molecular weight excluding hydrogens is 300 g/mol. The second-order valence-electron chi connectivity index (χ2n) is 6.15. The molecule has 1 fully saturated rings. The quantitative estimate of drug-likeness (QED) is 0.862. The van der Waals surface area contributed by atoms with Gasteiger partial charge in [0.2, 0.25) is 0 Å². The molecule has 1 aliphatic rings. The molecule has 0 saturated carbocycles. The Hall–Kier alpha value is -2.57. The number of ether oxygens (including phenoxy) is 2. The van der Waals surface area contributed by atoms with Gasteiger partial charge in [0.15, 0.2) is 6.04 Å². The maximum atomic E-state index is 12.1. The van der Waals surface area contributed by atoms with Crippen LogP contribution < -0.4 is 5.32 Å². The van der Waals surface area contributed by atoms with Crippen molar-refractivity contribution in [3.63, 3.8) is 0 Å². The third kappa shape index (κ3) is 4.45. The first-order valence-corrected chi connectivity index (χ1v) is 7.28. The van der Waals surface area contributed by atoms with Crippen molar-refractivity contribution in [3.05, 3.63) is 35.9 Å². The van der Waals surface area contributed by atoms with E-state index in [0.29, 0.717) is 0 Å². The molecule has 0 spiro atoms. The van der Waals surface area contributed by atoms with E-state index >= 15 is 0 Å². The van der Waals surface area contributed by atoms with E-state index in [4.69, 9.17) is 9.47 Å². The number of imide groups is 1. The molecule has 2 rings (SSSR count). The highest BCUT2D eigenvalue weighted by Gasteiger charge is 2.43. The Morgan fingerprint density at radius 1 is 1.26 bits per heavy atom. The topological polar surface area (TPSA) is 84.9 Å². The van der Waals surface area contributed by atoms with Gasteiger partial charge in [-0.1, -0.05) is 30.3 Å². The number of esters is 1. The fourth-order valence-corrected chi connectivity index (χ4v) is 2.06. The molecule has 1 heterocycles. The fourth-order valence-electron chi connectivity index (χ4n) is 2.06. The molecule has 0 aliphatic carbocycles. The summed E-state index contributed by atoms with van der Waals surface area (Å²) in [5.41, 5.74) is 0.0803. The van der Waals surface area contributed by atoms with Crippen LogP contribution in [0.1, 0.15) is 26.3 Å². The van der Waals surface area contributed by atoms with Gasteiger partial charge in [0.05, 0.1) is 6.54 Å². The predicted octanol–water partition coefficient (Wildman–Crippen LogP) is 2.06. The van der Waals surface area contributed by atoms with Crippen LogP contribution in [0.4, 0.5) is 9.59 Å². The molecule has 7 nitrogen and oxygen atoms in total. The van der Waals surface area contributed by atoms with Gasteiger partial charge in [-0.3, -0.25) is 0 Å². The molecule has 0 aromatic heterocycles. The van der Waals surface area contributed by atoms with Crippen LogP contribution in [-0.4, -0.2) is 41.2 Å². The van der Waals surface area contributed by atoms with Crippen molar-refractivity contribution in [2.24, 2.45) is 0 Å². The van der Waals surface area contributed by atoms with E-state index in [0.717, 1.165) is 10.5 Å².